The van der Waals surface area contributed by atoms with E-state index in [1.165, 1.54) is 0 Å². The molecule has 0 spiro atoms. The van der Waals surface area contributed by atoms with Crippen LogP contribution in [0.15, 0.2) is 18.2 Å². The number of nitriles is 1. The van der Waals surface area contributed by atoms with Crippen molar-refractivity contribution in [3.8, 4) is 6.07 Å². The summed E-state index contributed by atoms with van der Waals surface area (Å²) in [6.07, 6.45) is 3.23. The van der Waals surface area contributed by atoms with Gasteiger partial charge in [0.2, 0.25) is 5.91 Å². The van der Waals surface area contributed by atoms with Crippen LogP contribution in [0.4, 0.5) is 0 Å². The predicted octanol–water partition coefficient (Wildman–Crippen LogP) is 3.88. The van der Waals surface area contributed by atoms with Gasteiger partial charge >= 0.3 is 0 Å². The van der Waals surface area contributed by atoms with E-state index in [9.17, 15) is 10.1 Å². The first-order chi connectivity index (χ1) is 10.6. The number of carbonyl (C=O) groups is 1. The molecule has 22 heavy (non-hydrogen) atoms. The van der Waals surface area contributed by atoms with Crippen LogP contribution < -0.4 is 5.32 Å². The highest BCUT2D eigenvalue weighted by Crippen LogP contribution is 2.24. The molecule has 0 bridgehead atoms. The molecule has 6 heteroatoms. The van der Waals surface area contributed by atoms with Crippen LogP contribution in [0.5, 0.6) is 0 Å². The highest BCUT2D eigenvalue weighted by atomic mass is 35.5. The molecule has 1 atom stereocenters. The van der Waals surface area contributed by atoms with Crippen LogP contribution in [-0.2, 0) is 9.53 Å². The van der Waals surface area contributed by atoms with E-state index in [0.29, 0.717) is 27.9 Å². The van der Waals surface area contributed by atoms with Crippen molar-refractivity contribution >= 4 is 29.1 Å². The minimum Gasteiger partial charge on any atom is -0.381 e. The Balaban J connectivity index is 1.89. The average molecular weight is 341 g/mol. The van der Waals surface area contributed by atoms with Crippen molar-refractivity contribution in [2.45, 2.75) is 31.7 Å². The Hall–Kier alpha value is -1.28. The quantitative estimate of drug-likeness (QED) is 0.884. The number of ether oxygens (including phenoxy) is 1. The Bertz CT molecular complexity index is 546. The van der Waals surface area contributed by atoms with Gasteiger partial charge in [-0.05, 0) is 48.9 Å². The smallest absolute Gasteiger partial charge is 0.221 e. The molecular weight excluding hydrogens is 323 g/mol. The molecule has 4 nitrogen and oxygen atoms in total. The largest absolute Gasteiger partial charge is 0.381 e. The van der Waals surface area contributed by atoms with E-state index in [0.717, 1.165) is 32.5 Å². The number of nitrogens with one attached hydrogen (secondary N) is 1. The molecule has 2 rings (SSSR count). The fraction of sp³-hybridized carbons (Fsp3) is 0.500. The predicted molar refractivity (Wildman–Crippen MR) is 85.7 cm³/mol. The molecule has 118 valence electrons. The molecule has 1 aromatic carbocycles. The van der Waals surface area contributed by atoms with Crippen molar-refractivity contribution in [2.75, 3.05) is 13.2 Å². The number of carbonyl (C=O) groups excluding carboxylic acids is 1. The summed E-state index contributed by atoms with van der Waals surface area (Å²) in [4.78, 5) is 12.0. The second-order valence-corrected chi connectivity index (χ2v) is 6.30. The van der Waals surface area contributed by atoms with Crippen molar-refractivity contribution in [3.05, 3.63) is 33.8 Å². The van der Waals surface area contributed by atoms with E-state index >= 15 is 0 Å². The minimum atomic E-state index is -0.738. The van der Waals surface area contributed by atoms with Crippen LogP contribution in [0, 0.1) is 17.2 Å². The lowest BCUT2D eigenvalue weighted by atomic mass is 9.94. The third kappa shape index (κ3) is 5.17. The zero-order valence-electron chi connectivity index (χ0n) is 12.1. The van der Waals surface area contributed by atoms with Gasteiger partial charge in [-0.1, -0.05) is 23.2 Å². The lowest BCUT2D eigenvalue weighted by Gasteiger charge is -2.21. The first-order valence-electron chi connectivity index (χ1n) is 7.31. The summed E-state index contributed by atoms with van der Waals surface area (Å²) in [6.45, 7) is 1.54. The van der Waals surface area contributed by atoms with Gasteiger partial charge in [0.25, 0.3) is 0 Å². The Kier molecular flexibility index (Phi) is 6.50. The first kappa shape index (κ1) is 17.1. The molecule has 1 fully saturated rings. The zero-order valence-corrected chi connectivity index (χ0v) is 13.7. The number of rotatable bonds is 5. The Morgan fingerprint density at radius 1 is 1.32 bits per heavy atom. The van der Waals surface area contributed by atoms with Crippen LogP contribution in [0.3, 0.4) is 0 Å². The number of halogens is 2. The number of hydrogen-bond donors (Lipinski definition) is 1. The summed E-state index contributed by atoms with van der Waals surface area (Å²) >= 11 is 11.9. The Morgan fingerprint density at radius 3 is 2.55 bits per heavy atom. The fourth-order valence-electron chi connectivity index (χ4n) is 2.54. The molecule has 0 aliphatic carbocycles. The standard InChI is InChI=1S/C16H18Cl2N2O2/c17-13-7-12(8-14(18)9-13)15(10-19)20-16(21)2-1-11-3-5-22-6-4-11/h7-9,11,15H,1-6H2,(H,20,21)/t15-/m0/s1. The second-order valence-electron chi connectivity index (χ2n) is 5.43. The molecule has 1 saturated heterocycles. The summed E-state index contributed by atoms with van der Waals surface area (Å²) in [5.41, 5.74) is 0.597. The highest BCUT2D eigenvalue weighted by molar-refractivity contribution is 6.34. The molecule has 0 unspecified atom stereocenters. The van der Waals surface area contributed by atoms with Gasteiger partial charge < -0.3 is 10.1 Å². The van der Waals surface area contributed by atoms with E-state index in [-0.39, 0.29) is 5.91 Å². The van der Waals surface area contributed by atoms with Gasteiger partial charge in [0.05, 0.1) is 6.07 Å². The van der Waals surface area contributed by atoms with Gasteiger partial charge in [0.15, 0.2) is 0 Å². The highest BCUT2D eigenvalue weighted by Gasteiger charge is 2.18. The van der Waals surface area contributed by atoms with Crippen LogP contribution in [0.2, 0.25) is 10.0 Å². The van der Waals surface area contributed by atoms with Crippen molar-refractivity contribution < 1.29 is 9.53 Å². The minimum absolute atomic E-state index is 0.130. The molecule has 1 aromatic rings. The van der Waals surface area contributed by atoms with E-state index < -0.39 is 6.04 Å². The lowest BCUT2D eigenvalue weighted by molar-refractivity contribution is -0.122. The Labute approximate surface area is 140 Å². The van der Waals surface area contributed by atoms with Crippen molar-refractivity contribution in [1.29, 1.82) is 5.26 Å². The first-order valence-corrected chi connectivity index (χ1v) is 8.07. The van der Waals surface area contributed by atoms with Crippen LogP contribution >= 0.6 is 23.2 Å². The number of amides is 1. The van der Waals surface area contributed by atoms with E-state index in [1.807, 2.05) is 0 Å². The number of hydrogen-bond acceptors (Lipinski definition) is 3. The molecular formula is C16H18Cl2N2O2. The van der Waals surface area contributed by atoms with Crippen molar-refractivity contribution in [1.82, 2.24) is 5.32 Å². The summed E-state index contributed by atoms with van der Waals surface area (Å²) in [6, 6.07) is 6.20. The zero-order chi connectivity index (χ0) is 15.9. The third-order valence-electron chi connectivity index (χ3n) is 3.77. The molecule has 0 aromatic heterocycles. The van der Waals surface area contributed by atoms with Gasteiger partial charge in [-0.3, -0.25) is 4.79 Å². The normalized spacial score (nSPS) is 16.8. The topological polar surface area (TPSA) is 62.1 Å². The van der Waals surface area contributed by atoms with Crippen molar-refractivity contribution in [3.63, 3.8) is 0 Å². The molecule has 0 radical (unpaired) electrons. The van der Waals surface area contributed by atoms with Crippen LogP contribution in [0.25, 0.3) is 0 Å². The van der Waals surface area contributed by atoms with Gasteiger partial charge in [0.1, 0.15) is 6.04 Å². The summed E-state index contributed by atoms with van der Waals surface area (Å²) < 4.78 is 5.30. The molecule has 0 saturated carbocycles. The molecule has 1 aliphatic heterocycles. The van der Waals surface area contributed by atoms with Crippen LogP contribution in [-0.4, -0.2) is 19.1 Å². The SMILES string of the molecule is N#C[C@H](NC(=O)CCC1CCOCC1)c1cc(Cl)cc(Cl)c1. The van der Waals surface area contributed by atoms with Gasteiger partial charge in [0, 0.05) is 29.7 Å². The van der Waals surface area contributed by atoms with Crippen LogP contribution in [0.1, 0.15) is 37.3 Å². The lowest BCUT2D eigenvalue weighted by Crippen LogP contribution is -2.28. The van der Waals surface area contributed by atoms with Gasteiger partial charge in [-0.2, -0.15) is 5.26 Å². The summed E-state index contributed by atoms with van der Waals surface area (Å²) in [5, 5.41) is 12.9. The monoisotopic (exact) mass is 340 g/mol. The number of benzene rings is 1. The fourth-order valence-corrected chi connectivity index (χ4v) is 3.08. The molecule has 1 heterocycles. The third-order valence-corrected chi connectivity index (χ3v) is 4.21. The molecule has 1 amide bonds. The van der Waals surface area contributed by atoms with E-state index in [4.69, 9.17) is 27.9 Å². The summed E-state index contributed by atoms with van der Waals surface area (Å²) in [5.74, 6) is 0.398. The second kappa shape index (κ2) is 8.38. The van der Waals surface area contributed by atoms with Gasteiger partial charge in [-0.15, -0.1) is 0 Å². The maximum Gasteiger partial charge on any atom is 0.221 e. The molecule has 1 N–H and O–H groups in total. The maximum atomic E-state index is 12.0. The maximum absolute atomic E-state index is 12.0. The number of nitrogens with zero attached hydrogens (tertiary/aromatic N) is 1. The van der Waals surface area contributed by atoms with Gasteiger partial charge in [-0.25, -0.2) is 0 Å². The Morgan fingerprint density at radius 2 is 1.95 bits per heavy atom. The van der Waals surface area contributed by atoms with Crippen molar-refractivity contribution in [2.24, 2.45) is 5.92 Å². The summed E-state index contributed by atoms with van der Waals surface area (Å²) in [7, 11) is 0. The average Bonchev–Trinajstić information content (AvgIpc) is 2.50. The van der Waals surface area contributed by atoms with E-state index in [2.05, 4.69) is 11.4 Å². The molecule has 1 aliphatic rings. The van der Waals surface area contributed by atoms with E-state index in [1.54, 1.807) is 18.2 Å².